The summed E-state index contributed by atoms with van der Waals surface area (Å²) in [5.74, 6) is 0.335. The number of nitrogens with zero attached hydrogens (tertiary/aromatic N) is 2. The second-order valence-corrected chi connectivity index (χ2v) is 13.2. The van der Waals surface area contributed by atoms with E-state index in [1.54, 1.807) is 47.5 Å². The first-order valence-electron chi connectivity index (χ1n) is 11.1. The van der Waals surface area contributed by atoms with Crippen molar-refractivity contribution in [3.05, 3.63) is 88.3 Å². The van der Waals surface area contributed by atoms with E-state index in [0.717, 1.165) is 16.9 Å². The molecule has 0 aliphatic heterocycles. The number of H-pyrrole nitrogens is 1. The molecule has 1 unspecified atom stereocenters. The number of hydrogen-bond donors (Lipinski definition) is 2. The maximum Gasteiger partial charge on any atom is 0.273 e. The molecule has 0 bridgehead atoms. The zero-order valence-corrected chi connectivity index (χ0v) is 22.3. The van der Waals surface area contributed by atoms with Crippen molar-refractivity contribution in [2.45, 2.75) is 21.6 Å². The molecule has 1 amide bonds. The smallest absolute Gasteiger partial charge is 0.273 e. The number of carbonyl (C=O) groups excluding carboxylic acids is 1. The van der Waals surface area contributed by atoms with Gasteiger partial charge in [-0.05, 0) is 36.1 Å². The highest BCUT2D eigenvalue weighted by Gasteiger charge is 2.28. The molecular formula is C25H26N4O4S3. The van der Waals surface area contributed by atoms with Crippen LogP contribution < -0.4 is 9.62 Å². The van der Waals surface area contributed by atoms with Crippen LogP contribution in [0.15, 0.2) is 81.5 Å². The molecule has 0 aliphatic carbocycles. The van der Waals surface area contributed by atoms with Crippen LogP contribution in [0.2, 0.25) is 0 Å². The molecule has 188 valence electrons. The molecule has 2 aromatic carbocycles. The lowest BCUT2D eigenvalue weighted by atomic mass is 10.1. The van der Waals surface area contributed by atoms with E-state index in [0.29, 0.717) is 28.0 Å². The molecule has 2 N–H and O–H groups in total. The molecule has 0 spiro atoms. The standard InChI is InChI=1S/C25H26N4O4S3/c1-25(17-27-31,35-15-18-8-4-3-5-9-18)16-26-24(30)20-14-19-10-6-11-21(23(19)28-20)29(2)36(32,33)22-12-7-13-34-22/h3-14,28H,15-17H2,1-2H3,(H,26,30). The molecular weight excluding hydrogens is 517 g/mol. The number of benzene rings is 2. The van der Waals surface area contributed by atoms with Gasteiger partial charge in [0.1, 0.15) is 9.90 Å². The van der Waals surface area contributed by atoms with Gasteiger partial charge in [0.05, 0.1) is 22.5 Å². The van der Waals surface area contributed by atoms with E-state index in [-0.39, 0.29) is 23.2 Å². The number of carbonyl (C=O) groups is 1. The number of nitroso groups, excluding NO2 is 1. The van der Waals surface area contributed by atoms with Gasteiger partial charge in [-0.15, -0.1) is 23.1 Å². The van der Waals surface area contributed by atoms with Crippen LogP contribution in [0.4, 0.5) is 5.69 Å². The number of thioether (sulfide) groups is 1. The first kappa shape index (κ1) is 25.9. The SMILES string of the molecule is CN(c1cccc2cc(C(=O)NCC(C)(CN=O)SCc3ccccc3)[nH]c12)S(=O)(=O)c1cccs1. The third-order valence-corrected chi connectivity index (χ3v) is 10.4. The summed E-state index contributed by atoms with van der Waals surface area (Å²) in [6, 6.07) is 20.1. The van der Waals surface area contributed by atoms with E-state index in [9.17, 15) is 18.1 Å². The maximum absolute atomic E-state index is 13.0. The van der Waals surface area contributed by atoms with Crippen molar-refractivity contribution in [3.8, 4) is 0 Å². The normalized spacial score (nSPS) is 13.3. The topological polar surface area (TPSA) is 112 Å². The molecule has 0 saturated heterocycles. The predicted octanol–water partition coefficient (Wildman–Crippen LogP) is 5.24. The quantitative estimate of drug-likeness (QED) is 0.252. The molecule has 1 atom stereocenters. The van der Waals surface area contributed by atoms with E-state index in [1.165, 1.54) is 11.4 Å². The minimum atomic E-state index is -3.73. The van der Waals surface area contributed by atoms with Crippen LogP contribution in [0.25, 0.3) is 10.9 Å². The summed E-state index contributed by atoms with van der Waals surface area (Å²) in [5, 5.41) is 8.41. The summed E-state index contributed by atoms with van der Waals surface area (Å²) in [6.45, 7) is 2.19. The Morgan fingerprint density at radius 2 is 1.92 bits per heavy atom. The molecule has 2 heterocycles. The Morgan fingerprint density at radius 3 is 2.61 bits per heavy atom. The van der Waals surface area contributed by atoms with E-state index in [4.69, 9.17) is 0 Å². The molecule has 0 radical (unpaired) electrons. The number of fused-ring (bicyclic) bond motifs is 1. The highest BCUT2D eigenvalue weighted by Crippen LogP contribution is 2.32. The van der Waals surface area contributed by atoms with Gasteiger partial charge in [0.25, 0.3) is 15.9 Å². The third-order valence-electron chi connectivity index (χ3n) is 5.78. The Kier molecular flexibility index (Phi) is 7.82. The fraction of sp³-hybridized carbons (Fsp3) is 0.240. The van der Waals surface area contributed by atoms with Gasteiger partial charge >= 0.3 is 0 Å². The van der Waals surface area contributed by atoms with Gasteiger partial charge in [0.15, 0.2) is 0 Å². The number of aromatic amines is 1. The number of aromatic nitrogens is 1. The average molecular weight is 543 g/mol. The molecule has 4 aromatic rings. The van der Waals surface area contributed by atoms with Crippen molar-refractivity contribution < 1.29 is 13.2 Å². The molecule has 36 heavy (non-hydrogen) atoms. The van der Waals surface area contributed by atoms with Crippen LogP contribution in [-0.2, 0) is 15.8 Å². The number of thiophene rings is 1. The van der Waals surface area contributed by atoms with E-state index < -0.39 is 14.8 Å². The number of amides is 1. The van der Waals surface area contributed by atoms with Crippen LogP contribution in [0.1, 0.15) is 23.0 Å². The van der Waals surface area contributed by atoms with E-state index in [1.807, 2.05) is 43.3 Å². The number of nitrogens with one attached hydrogen (secondary N) is 2. The van der Waals surface area contributed by atoms with Crippen molar-refractivity contribution in [3.63, 3.8) is 0 Å². The molecule has 4 rings (SSSR count). The van der Waals surface area contributed by atoms with Gasteiger partial charge in [-0.1, -0.05) is 53.7 Å². The Hall–Kier alpha value is -3.15. The van der Waals surface area contributed by atoms with Crippen molar-refractivity contribution in [1.82, 2.24) is 10.3 Å². The summed E-state index contributed by atoms with van der Waals surface area (Å²) >= 11 is 2.71. The number of sulfonamides is 1. The lowest BCUT2D eigenvalue weighted by molar-refractivity contribution is 0.0946. The number of hydrogen-bond acceptors (Lipinski definition) is 7. The van der Waals surface area contributed by atoms with Crippen LogP contribution in [0, 0.1) is 4.91 Å². The first-order chi connectivity index (χ1) is 17.2. The van der Waals surface area contributed by atoms with Crippen LogP contribution >= 0.6 is 23.1 Å². The van der Waals surface area contributed by atoms with Crippen molar-refractivity contribution >= 4 is 55.6 Å². The van der Waals surface area contributed by atoms with Crippen molar-refractivity contribution in [2.75, 3.05) is 24.4 Å². The second-order valence-electron chi connectivity index (χ2n) is 8.52. The molecule has 2 aromatic heterocycles. The first-order valence-corrected chi connectivity index (χ1v) is 14.4. The largest absolute Gasteiger partial charge is 0.349 e. The maximum atomic E-state index is 13.0. The fourth-order valence-corrected chi connectivity index (χ4v) is 7.08. The Bertz CT molecular complexity index is 1450. The zero-order valence-electron chi connectivity index (χ0n) is 19.8. The average Bonchev–Trinajstić information content (AvgIpc) is 3.57. The monoisotopic (exact) mass is 542 g/mol. The van der Waals surface area contributed by atoms with Gasteiger partial charge < -0.3 is 10.3 Å². The second kappa shape index (κ2) is 10.9. The Morgan fingerprint density at radius 1 is 1.14 bits per heavy atom. The molecule has 11 heteroatoms. The number of rotatable bonds is 11. The summed E-state index contributed by atoms with van der Waals surface area (Å²) in [6.07, 6.45) is 0. The summed E-state index contributed by atoms with van der Waals surface area (Å²) < 4.78 is 26.9. The minimum absolute atomic E-state index is 0.0486. The molecule has 0 saturated carbocycles. The van der Waals surface area contributed by atoms with Crippen LogP contribution in [0.3, 0.4) is 0 Å². The lowest BCUT2D eigenvalue weighted by Gasteiger charge is -2.26. The zero-order chi connectivity index (χ0) is 25.8. The molecule has 8 nitrogen and oxygen atoms in total. The van der Waals surface area contributed by atoms with Gasteiger partial charge in [-0.3, -0.25) is 9.10 Å². The van der Waals surface area contributed by atoms with Gasteiger partial charge in [-0.25, -0.2) is 8.42 Å². The Labute approximate surface area is 218 Å². The Balaban J connectivity index is 1.51. The highest BCUT2D eigenvalue weighted by atomic mass is 32.2. The molecule has 0 aliphatic rings. The van der Waals surface area contributed by atoms with Gasteiger partial charge in [0.2, 0.25) is 0 Å². The summed E-state index contributed by atoms with van der Waals surface area (Å²) in [5.41, 5.74) is 2.40. The summed E-state index contributed by atoms with van der Waals surface area (Å²) in [7, 11) is -2.24. The van der Waals surface area contributed by atoms with Crippen LogP contribution in [0.5, 0.6) is 0 Å². The van der Waals surface area contributed by atoms with Crippen molar-refractivity contribution in [2.24, 2.45) is 5.18 Å². The number of para-hydroxylation sites is 1. The van der Waals surface area contributed by atoms with Gasteiger partial charge in [-0.2, -0.15) is 4.91 Å². The minimum Gasteiger partial charge on any atom is -0.349 e. The number of anilines is 1. The predicted molar refractivity (Wildman–Crippen MR) is 147 cm³/mol. The summed E-state index contributed by atoms with van der Waals surface area (Å²) in [4.78, 5) is 27.2. The fourth-order valence-electron chi connectivity index (χ4n) is 3.68. The van der Waals surface area contributed by atoms with E-state index in [2.05, 4.69) is 15.5 Å². The molecule has 0 fully saturated rings. The van der Waals surface area contributed by atoms with Crippen molar-refractivity contribution in [1.29, 1.82) is 0 Å². The lowest BCUT2D eigenvalue weighted by Crippen LogP contribution is -2.40. The third kappa shape index (κ3) is 5.63. The van der Waals surface area contributed by atoms with E-state index >= 15 is 0 Å². The van der Waals surface area contributed by atoms with Crippen LogP contribution in [-0.4, -0.2) is 44.2 Å². The highest BCUT2D eigenvalue weighted by molar-refractivity contribution is 8.00. The van der Waals surface area contributed by atoms with Gasteiger partial charge in [0, 0.05) is 24.7 Å².